The minimum atomic E-state index is 0.0775. The van der Waals surface area contributed by atoms with Crippen molar-refractivity contribution in [1.82, 2.24) is 0 Å². The smallest absolute Gasteiger partial charge is 0.186 e. The molecule has 17 heavy (non-hydrogen) atoms. The molecule has 1 rings (SSSR count). The van der Waals surface area contributed by atoms with Crippen molar-refractivity contribution in [3.63, 3.8) is 0 Å². The van der Waals surface area contributed by atoms with Crippen molar-refractivity contribution in [2.45, 2.75) is 6.92 Å². The van der Waals surface area contributed by atoms with Gasteiger partial charge in [0.1, 0.15) is 6.29 Å². The molecular weight excluding hydrogens is 232 g/mol. The maximum atomic E-state index is 10.7. The molecule has 0 amide bonds. The summed E-state index contributed by atoms with van der Waals surface area (Å²) < 4.78 is 0. The second kappa shape index (κ2) is 7.48. The van der Waals surface area contributed by atoms with Gasteiger partial charge in [-0.1, -0.05) is 41.8 Å². The van der Waals surface area contributed by atoms with Gasteiger partial charge in [-0.25, -0.2) is 0 Å². The van der Waals surface area contributed by atoms with E-state index < -0.39 is 0 Å². The van der Waals surface area contributed by atoms with Gasteiger partial charge in [0.05, 0.1) is 5.75 Å². The van der Waals surface area contributed by atoms with Crippen LogP contribution in [-0.2, 0) is 9.59 Å². The normalized spacial score (nSPS) is 9.71. The molecule has 0 bridgehead atoms. The zero-order valence-corrected chi connectivity index (χ0v) is 10.3. The van der Waals surface area contributed by atoms with Crippen molar-refractivity contribution in [3.05, 3.63) is 41.5 Å². The summed E-state index contributed by atoms with van der Waals surface area (Å²) in [5, 5.41) is 0.0775. The van der Waals surface area contributed by atoms with Crippen LogP contribution in [0.3, 0.4) is 0 Å². The largest absolute Gasteiger partial charge is 0.299 e. The quantitative estimate of drug-likeness (QED) is 0.465. The van der Waals surface area contributed by atoms with Gasteiger partial charge in [-0.3, -0.25) is 9.59 Å². The number of rotatable bonds is 3. The maximum absolute atomic E-state index is 10.7. The Kier molecular flexibility index (Phi) is 5.84. The molecule has 0 aromatic heterocycles. The Morgan fingerprint density at radius 3 is 2.65 bits per heavy atom. The Labute approximate surface area is 105 Å². The molecule has 3 heteroatoms. The first kappa shape index (κ1) is 13.3. The van der Waals surface area contributed by atoms with E-state index in [1.807, 2.05) is 24.3 Å². The molecule has 2 nitrogen and oxygen atoms in total. The van der Waals surface area contributed by atoms with E-state index in [0.29, 0.717) is 5.75 Å². The maximum Gasteiger partial charge on any atom is 0.186 e. The fourth-order valence-electron chi connectivity index (χ4n) is 1.10. The highest BCUT2D eigenvalue weighted by Crippen LogP contribution is 2.05. The molecule has 0 unspecified atom stereocenters. The highest BCUT2D eigenvalue weighted by atomic mass is 32.2. The van der Waals surface area contributed by atoms with Crippen LogP contribution < -0.4 is 0 Å². The molecule has 0 aliphatic carbocycles. The van der Waals surface area contributed by atoms with Crippen LogP contribution in [0, 0.1) is 11.8 Å². The van der Waals surface area contributed by atoms with E-state index in [1.165, 1.54) is 24.8 Å². The summed E-state index contributed by atoms with van der Waals surface area (Å²) in [5.74, 6) is 6.40. The van der Waals surface area contributed by atoms with Crippen molar-refractivity contribution >= 4 is 29.2 Å². The lowest BCUT2D eigenvalue weighted by atomic mass is 10.1. The monoisotopic (exact) mass is 244 g/mol. The van der Waals surface area contributed by atoms with Gasteiger partial charge in [-0.15, -0.1) is 0 Å². The highest BCUT2D eigenvalue weighted by molar-refractivity contribution is 8.13. The Morgan fingerprint density at radius 2 is 2.06 bits per heavy atom. The van der Waals surface area contributed by atoms with Crippen LogP contribution >= 0.6 is 11.8 Å². The lowest BCUT2D eigenvalue weighted by Crippen LogP contribution is -1.82. The van der Waals surface area contributed by atoms with Crippen LogP contribution in [0.5, 0.6) is 0 Å². The summed E-state index contributed by atoms with van der Waals surface area (Å²) in [6.07, 6.45) is 3.92. The Balaban J connectivity index is 2.58. The molecule has 0 fully saturated rings. The SMILES string of the molecule is CC(=O)SCC#Cc1ccc(/C=C/C=O)cc1. The number of benzene rings is 1. The lowest BCUT2D eigenvalue weighted by molar-refractivity contribution is -0.109. The average Bonchev–Trinajstić information content (AvgIpc) is 2.33. The summed E-state index contributed by atoms with van der Waals surface area (Å²) in [6.45, 7) is 1.53. The van der Waals surface area contributed by atoms with Gasteiger partial charge >= 0.3 is 0 Å². The van der Waals surface area contributed by atoms with E-state index in [0.717, 1.165) is 17.4 Å². The van der Waals surface area contributed by atoms with Crippen molar-refractivity contribution in [1.29, 1.82) is 0 Å². The number of allylic oxidation sites excluding steroid dienone is 1. The minimum Gasteiger partial charge on any atom is -0.299 e. The van der Waals surface area contributed by atoms with E-state index in [2.05, 4.69) is 11.8 Å². The average molecular weight is 244 g/mol. The summed E-state index contributed by atoms with van der Waals surface area (Å²) in [4.78, 5) is 20.8. The second-order valence-electron chi connectivity index (χ2n) is 3.20. The van der Waals surface area contributed by atoms with Gasteiger partial charge in [0, 0.05) is 12.5 Å². The van der Waals surface area contributed by atoms with Gasteiger partial charge in [-0.05, 0) is 23.8 Å². The van der Waals surface area contributed by atoms with E-state index in [-0.39, 0.29) is 5.12 Å². The van der Waals surface area contributed by atoms with Crippen molar-refractivity contribution in [2.75, 3.05) is 5.75 Å². The fraction of sp³-hybridized carbons (Fsp3) is 0.143. The Bertz CT molecular complexity index is 475. The van der Waals surface area contributed by atoms with Gasteiger partial charge in [0.25, 0.3) is 0 Å². The predicted molar refractivity (Wildman–Crippen MR) is 71.6 cm³/mol. The summed E-state index contributed by atoms with van der Waals surface area (Å²) in [6, 6.07) is 7.55. The van der Waals surface area contributed by atoms with Gasteiger partial charge in [0.15, 0.2) is 5.12 Å². The Morgan fingerprint density at radius 1 is 1.35 bits per heavy atom. The molecule has 0 heterocycles. The molecule has 0 spiro atoms. The molecule has 1 aromatic rings. The van der Waals surface area contributed by atoms with Gasteiger partial charge in [-0.2, -0.15) is 0 Å². The molecule has 0 N–H and O–H groups in total. The van der Waals surface area contributed by atoms with E-state index in [9.17, 15) is 9.59 Å². The van der Waals surface area contributed by atoms with Crippen LogP contribution in [0.25, 0.3) is 6.08 Å². The molecule has 86 valence electrons. The zero-order valence-electron chi connectivity index (χ0n) is 9.47. The van der Waals surface area contributed by atoms with E-state index in [1.54, 1.807) is 6.08 Å². The van der Waals surface area contributed by atoms with Gasteiger partial charge < -0.3 is 0 Å². The van der Waals surface area contributed by atoms with Crippen LogP contribution in [0.1, 0.15) is 18.1 Å². The predicted octanol–water partition coefficient (Wildman–Crippen LogP) is 2.53. The summed E-state index contributed by atoms with van der Waals surface area (Å²) in [5.41, 5.74) is 1.86. The Hall–Kier alpha value is -1.79. The van der Waals surface area contributed by atoms with Crippen molar-refractivity contribution in [3.8, 4) is 11.8 Å². The number of carbonyl (C=O) groups is 2. The van der Waals surface area contributed by atoms with Crippen molar-refractivity contribution < 1.29 is 9.59 Å². The van der Waals surface area contributed by atoms with Crippen LogP contribution in [-0.4, -0.2) is 17.2 Å². The molecule has 0 saturated heterocycles. The standard InChI is InChI=1S/C14H12O2S/c1-12(16)17-11-3-5-14-8-6-13(7-9-14)4-2-10-15/h2,4,6-10H,11H2,1H3/b4-2+. The summed E-state index contributed by atoms with van der Waals surface area (Å²) >= 11 is 1.20. The topological polar surface area (TPSA) is 34.1 Å². The molecular formula is C14H12O2S. The van der Waals surface area contributed by atoms with Gasteiger partial charge in [0.2, 0.25) is 0 Å². The third-order valence-electron chi connectivity index (χ3n) is 1.86. The number of hydrogen-bond donors (Lipinski definition) is 0. The van der Waals surface area contributed by atoms with Crippen LogP contribution in [0.2, 0.25) is 0 Å². The number of hydrogen-bond acceptors (Lipinski definition) is 3. The first-order valence-electron chi connectivity index (χ1n) is 5.06. The zero-order chi connectivity index (χ0) is 12.5. The third-order valence-corrected chi connectivity index (χ3v) is 2.55. The number of carbonyl (C=O) groups excluding carboxylic acids is 2. The van der Waals surface area contributed by atoms with Crippen LogP contribution in [0.15, 0.2) is 30.3 Å². The van der Waals surface area contributed by atoms with E-state index >= 15 is 0 Å². The van der Waals surface area contributed by atoms with Crippen LogP contribution in [0.4, 0.5) is 0 Å². The highest BCUT2D eigenvalue weighted by Gasteiger charge is 1.90. The molecule has 0 atom stereocenters. The minimum absolute atomic E-state index is 0.0775. The summed E-state index contributed by atoms with van der Waals surface area (Å²) in [7, 11) is 0. The van der Waals surface area contributed by atoms with E-state index in [4.69, 9.17) is 0 Å². The first-order valence-corrected chi connectivity index (χ1v) is 6.05. The molecule has 0 aliphatic heterocycles. The number of thioether (sulfide) groups is 1. The first-order chi connectivity index (χ1) is 8.22. The second-order valence-corrected chi connectivity index (χ2v) is 4.35. The lowest BCUT2D eigenvalue weighted by Gasteiger charge is -1.93. The fourth-order valence-corrected chi connectivity index (χ4v) is 1.45. The molecule has 0 saturated carbocycles. The van der Waals surface area contributed by atoms with Crippen molar-refractivity contribution in [2.24, 2.45) is 0 Å². The number of aldehydes is 1. The molecule has 0 aliphatic rings. The molecule has 0 radical (unpaired) electrons. The molecule has 1 aromatic carbocycles. The third kappa shape index (κ3) is 5.74.